The molecule has 20 heavy (non-hydrogen) atoms. The number of anilines is 1. The molecule has 100 valence electrons. The summed E-state index contributed by atoms with van der Waals surface area (Å²) in [6.07, 6.45) is 1.76. The minimum atomic E-state index is -0.227. The van der Waals surface area contributed by atoms with Gasteiger partial charge in [-0.15, -0.1) is 11.3 Å². The standard InChI is InChI=1S/C16H13FN2S/c17-14-8-6-13(7-9-14)15(12-4-2-1-3-5-12)19-16-18-10-11-20-16/h1-11,15H,(H,18,19). The Balaban J connectivity index is 1.97. The Bertz CT molecular complexity index is 651. The van der Waals surface area contributed by atoms with Crippen molar-refractivity contribution < 1.29 is 4.39 Å². The second-order valence-corrected chi connectivity index (χ2v) is 5.27. The van der Waals surface area contributed by atoms with Gasteiger partial charge in [-0.25, -0.2) is 9.37 Å². The Labute approximate surface area is 120 Å². The third-order valence-corrected chi connectivity index (χ3v) is 3.74. The van der Waals surface area contributed by atoms with Crippen LogP contribution in [0.2, 0.25) is 0 Å². The highest BCUT2D eigenvalue weighted by Gasteiger charge is 2.14. The van der Waals surface area contributed by atoms with Crippen molar-refractivity contribution >= 4 is 16.5 Å². The number of halogens is 1. The molecule has 0 spiro atoms. The Kier molecular flexibility index (Phi) is 3.74. The van der Waals surface area contributed by atoms with E-state index in [-0.39, 0.29) is 11.9 Å². The summed E-state index contributed by atoms with van der Waals surface area (Å²) in [7, 11) is 0. The smallest absolute Gasteiger partial charge is 0.183 e. The molecule has 2 nitrogen and oxygen atoms in total. The van der Waals surface area contributed by atoms with E-state index in [9.17, 15) is 4.39 Å². The summed E-state index contributed by atoms with van der Waals surface area (Å²) in [6, 6.07) is 16.6. The van der Waals surface area contributed by atoms with Gasteiger partial charge in [0.1, 0.15) is 5.82 Å². The highest BCUT2D eigenvalue weighted by atomic mass is 32.1. The molecule has 0 aliphatic carbocycles. The lowest BCUT2D eigenvalue weighted by atomic mass is 9.99. The van der Waals surface area contributed by atoms with Gasteiger partial charge in [-0.2, -0.15) is 0 Å². The Morgan fingerprint density at radius 1 is 0.950 bits per heavy atom. The number of thiazole rings is 1. The molecular weight excluding hydrogens is 271 g/mol. The molecule has 1 heterocycles. The van der Waals surface area contributed by atoms with Gasteiger partial charge in [0.15, 0.2) is 5.13 Å². The summed E-state index contributed by atoms with van der Waals surface area (Å²) in [5, 5.41) is 6.17. The first-order valence-corrected chi connectivity index (χ1v) is 7.17. The van der Waals surface area contributed by atoms with E-state index in [2.05, 4.69) is 22.4 Å². The van der Waals surface area contributed by atoms with Crippen LogP contribution in [0.5, 0.6) is 0 Å². The van der Waals surface area contributed by atoms with Crippen molar-refractivity contribution in [1.82, 2.24) is 4.98 Å². The lowest BCUT2D eigenvalue weighted by Crippen LogP contribution is -2.12. The first kappa shape index (κ1) is 12.8. The average Bonchev–Trinajstić information content (AvgIpc) is 3.00. The predicted molar refractivity (Wildman–Crippen MR) is 80.4 cm³/mol. The quantitative estimate of drug-likeness (QED) is 0.764. The van der Waals surface area contributed by atoms with Crippen LogP contribution < -0.4 is 5.32 Å². The number of aromatic nitrogens is 1. The Morgan fingerprint density at radius 3 is 2.30 bits per heavy atom. The van der Waals surface area contributed by atoms with Crippen LogP contribution in [0.3, 0.4) is 0 Å². The summed E-state index contributed by atoms with van der Waals surface area (Å²) in [4.78, 5) is 4.26. The maximum Gasteiger partial charge on any atom is 0.183 e. The van der Waals surface area contributed by atoms with Crippen LogP contribution >= 0.6 is 11.3 Å². The van der Waals surface area contributed by atoms with Gasteiger partial charge in [0.2, 0.25) is 0 Å². The second kappa shape index (κ2) is 5.84. The highest BCUT2D eigenvalue weighted by Crippen LogP contribution is 2.27. The lowest BCUT2D eigenvalue weighted by molar-refractivity contribution is 0.626. The topological polar surface area (TPSA) is 24.9 Å². The molecule has 0 saturated heterocycles. The van der Waals surface area contributed by atoms with Crippen LogP contribution in [0.1, 0.15) is 17.2 Å². The zero-order chi connectivity index (χ0) is 13.8. The maximum atomic E-state index is 13.1. The highest BCUT2D eigenvalue weighted by molar-refractivity contribution is 7.13. The zero-order valence-corrected chi connectivity index (χ0v) is 11.5. The molecule has 0 aliphatic heterocycles. The molecule has 0 saturated carbocycles. The Morgan fingerprint density at radius 2 is 1.65 bits per heavy atom. The number of hydrogen-bond acceptors (Lipinski definition) is 3. The van der Waals surface area contributed by atoms with Gasteiger partial charge in [0.05, 0.1) is 6.04 Å². The maximum absolute atomic E-state index is 13.1. The van der Waals surface area contributed by atoms with E-state index in [0.717, 1.165) is 16.3 Å². The van der Waals surface area contributed by atoms with Crippen molar-refractivity contribution in [3.63, 3.8) is 0 Å². The van der Waals surface area contributed by atoms with E-state index >= 15 is 0 Å². The molecule has 2 aromatic carbocycles. The third-order valence-electron chi connectivity index (χ3n) is 3.04. The molecule has 0 fully saturated rings. The number of hydrogen-bond donors (Lipinski definition) is 1. The van der Waals surface area contributed by atoms with Gasteiger partial charge in [0, 0.05) is 11.6 Å². The average molecular weight is 284 g/mol. The molecule has 3 aromatic rings. The summed E-state index contributed by atoms with van der Waals surface area (Å²) < 4.78 is 13.1. The first-order valence-electron chi connectivity index (χ1n) is 6.29. The van der Waals surface area contributed by atoms with Crippen molar-refractivity contribution in [3.05, 3.63) is 83.1 Å². The molecule has 3 rings (SSSR count). The van der Waals surface area contributed by atoms with Crippen LogP contribution in [-0.4, -0.2) is 4.98 Å². The molecule has 0 amide bonds. The molecule has 1 aromatic heterocycles. The molecule has 1 atom stereocenters. The normalized spacial score (nSPS) is 12.1. The van der Waals surface area contributed by atoms with E-state index in [4.69, 9.17) is 0 Å². The van der Waals surface area contributed by atoms with Crippen LogP contribution in [0, 0.1) is 5.82 Å². The molecular formula is C16H13FN2S. The van der Waals surface area contributed by atoms with Gasteiger partial charge in [-0.3, -0.25) is 0 Å². The van der Waals surface area contributed by atoms with Crippen LogP contribution in [0.15, 0.2) is 66.2 Å². The summed E-state index contributed by atoms with van der Waals surface area (Å²) in [5.74, 6) is -0.227. The molecule has 0 radical (unpaired) electrons. The number of nitrogens with one attached hydrogen (secondary N) is 1. The minimum Gasteiger partial charge on any atom is -0.351 e. The number of benzene rings is 2. The number of nitrogens with zero attached hydrogens (tertiary/aromatic N) is 1. The zero-order valence-electron chi connectivity index (χ0n) is 10.7. The van der Waals surface area contributed by atoms with Crippen molar-refractivity contribution in [3.8, 4) is 0 Å². The van der Waals surface area contributed by atoms with E-state index in [1.54, 1.807) is 29.7 Å². The van der Waals surface area contributed by atoms with Gasteiger partial charge < -0.3 is 5.32 Å². The van der Waals surface area contributed by atoms with Gasteiger partial charge >= 0.3 is 0 Å². The van der Waals surface area contributed by atoms with Crippen molar-refractivity contribution in [1.29, 1.82) is 0 Å². The summed E-state index contributed by atoms with van der Waals surface area (Å²) in [5.41, 5.74) is 2.13. The SMILES string of the molecule is Fc1ccc(C(Nc2nccs2)c2ccccc2)cc1. The minimum absolute atomic E-state index is 0.0389. The first-order chi connectivity index (χ1) is 9.83. The fraction of sp³-hybridized carbons (Fsp3) is 0.0625. The third kappa shape index (κ3) is 2.86. The van der Waals surface area contributed by atoms with Crippen molar-refractivity contribution in [2.24, 2.45) is 0 Å². The van der Waals surface area contributed by atoms with Gasteiger partial charge in [-0.05, 0) is 23.3 Å². The molecule has 1 N–H and O–H groups in total. The molecule has 0 bridgehead atoms. The van der Waals surface area contributed by atoms with Crippen LogP contribution in [0.4, 0.5) is 9.52 Å². The van der Waals surface area contributed by atoms with Crippen molar-refractivity contribution in [2.75, 3.05) is 5.32 Å². The van der Waals surface area contributed by atoms with Crippen LogP contribution in [0.25, 0.3) is 0 Å². The van der Waals surface area contributed by atoms with E-state index in [0.29, 0.717) is 0 Å². The summed E-state index contributed by atoms with van der Waals surface area (Å²) in [6.45, 7) is 0. The monoisotopic (exact) mass is 284 g/mol. The number of rotatable bonds is 4. The van der Waals surface area contributed by atoms with Gasteiger partial charge in [0.25, 0.3) is 0 Å². The largest absolute Gasteiger partial charge is 0.351 e. The molecule has 1 unspecified atom stereocenters. The fourth-order valence-corrected chi connectivity index (χ4v) is 2.64. The van der Waals surface area contributed by atoms with E-state index in [1.807, 2.05) is 23.6 Å². The van der Waals surface area contributed by atoms with Crippen molar-refractivity contribution in [2.45, 2.75) is 6.04 Å². The van der Waals surface area contributed by atoms with E-state index < -0.39 is 0 Å². The lowest BCUT2D eigenvalue weighted by Gasteiger charge is -2.19. The summed E-state index contributed by atoms with van der Waals surface area (Å²) >= 11 is 1.55. The van der Waals surface area contributed by atoms with E-state index in [1.165, 1.54) is 12.1 Å². The molecule has 4 heteroatoms. The second-order valence-electron chi connectivity index (χ2n) is 4.38. The van der Waals surface area contributed by atoms with Gasteiger partial charge in [-0.1, -0.05) is 42.5 Å². The predicted octanol–water partition coefficient (Wildman–Crippen LogP) is 4.48. The molecule has 0 aliphatic rings. The Hall–Kier alpha value is -2.20. The van der Waals surface area contributed by atoms with Crippen LogP contribution in [-0.2, 0) is 0 Å². The fourth-order valence-electron chi connectivity index (χ4n) is 2.08.